The number of benzene rings is 1. The highest BCUT2D eigenvalue weighted by Gasteiger charge is 2.15. The number of tetrazole rings is 1. The zero-order valence-corrected chi connectivity index (χ0v) is 13.1. The van der Waals surface area contributed by atoms with Gasteiger partial charge in [0, 0.05) is 19.7 Å². The summed E-state index contributed by atoms with van der Waals surface area (Å²) in [6.45, 7) is 2.47. The van der Waals surface area contributed by atoms with Gasteiger partial charge in [-0.1, -0.05) is 30.1 Å². The van der Waals surface area contributed by atoms with Crippen molar-refractivity contribution in [3.05, 3.63) is 32.7 Å². The average Bonchev–Trinajstić information content (AvgIpc) is 2.81. The third kappa shape index (κ3) is 3.37. The van der Waals surface area contributed by atoms with E-state index in [0.717, 1.165) is 11.1 Å². The molecular formula is C12H14Cl2N4O3. The van der Waals surface area contributed by atoms with Gasteiger partial charge in [-0.15, -0.1) is 0 Å². The summed E-state index contributed by atoms with van der Waals surface area (Å²) in [4.78, 5) is 12.1. The van der Waals surface area contributed by atoms with Crippen LogP contribution in [0.1, 0.15) is 13.3 Å². The lowest BCUT2D eigenvalue weighted by atomic mass is 10.3. The number of methoxy groups -OCH3 is 1. The summed E-state index contributed by atoms with van der Waals surface area (Å²) in [5.41, 5.74) is -0.0286. The van der Waals surface area contributed by atoms with Crippen molar-refractivity contribution < 1.29 is 9.47 Å². The minimum atomic E-state index is -0.375. The normalized spacial score (nSPS) is 10.9. The van der Waals surface area contributed by atoms with Gasteiger partial charge in [-0.25, -0.2) is 4.79 Å². The molecule has 7 nitrogen and oxygen atoms in total. The molecule has 0 unspecified atom stereocenters. The number of aromatic nitrogens is 4. The van der Waals surface area contributed by atoms with Crippen molar-refractivity contribution in [2.45, 2.75) is 19.9 Å². The number of aryl methyl sites for hydroxylation is 1. The minimum Gasteiger partial charge on any atom is -0.466 e. The van der Waals surface area contributed by atoms with E-state index in [-0.39, 0.29) is 17.5 Å². The van der Waals surface area contributed by atoms with Gasteiger partial charge in [0.2, 0.25) is 0 Å². The fraction of sp³-hybridized carbons (Fsp3) is 0.417. The Balaban J connectivity index is 2.41. The van der Waals surface area contributed by atoms with Crippen molar-refractivity contribution in [1.29, 1.82) is 0 Å². The molecule has 1 aromatic carbocycles. The quantitative estimate of drug-likeness (QED) is 0.758. The van der Waals surface area contributed by atoms with Gasteiger partial charge in [-0.3, -0.25) is 0 Å². The lowest BCUT2D eigenvalue weighted by molar-refractivity contribution is 0.0512. The molecule has 0 aliphatic heterocycles. The zero-order chi connectivity index (χ0) is 15.4. The Kier molecular flexibility index (Phi) is 5.22. The summed E-state index contributed by atoms with van der Waals surface area (Å²) >= 11 is 12.3. The van der Waals surface area contributed by atoms with E-state index in [2.05, 4.69) is 10.4 Å². The van der Waals surface area contributed by atoms with Crippen LogP contribution in [-0.2, 0) is 11.3 Å². The summed E-state index contributed by atoms with van der Waals surface area (Å²) in [5.74, 6) is 0.362. The maximum atomic E-state index is 12.1. The summed E-state index contributed by atoms with van der Waals surface area (Å²) < 4.78 is 12.4. The van der Waals surface area contributed by atoms with Crippen LogP contribution in [0, 0.1) is 0 Å². The third-order valence-electron chi connectivity index (χ3n) is 2.64. The first-order valence-electron chi connectivity index (χ1n) is 6.22. The molecule has 114 valence electrons. The number of hydrogen-bond donors (Lipinski definition) is 0. The zero-order valence-electron chi connectivity index (χ0n) is 11.5. The highest BCUT2D eigenvalue weighted by molar-refractivity contribution is 6.35. The van der Waals surface area contributed by atoms with E-state index in [4.69, 9.17) is 32.7 Å². The van der Waals surface area contributed by atoms with Crippen molar-refractivity contribution in [1.82, 2.24) is 19.8 Å². The molecule has 1 aromatic heterocycles. The van der Waals surface area contributed by atoms with Crippen LogP contribution in [0.4, 0.5) is 0 Å². The molecule has 1 heterocycles. The first-order chi connectivity index (χ1) is 10.1. The van der Waals surface area contributed by atoms with Crippen LogP contribution < -0.4 is 10.4 Å². The van der Waals surface area contributed by atoms with Crippen LogP contribution in [0.5, 0.6) is 5.75 Å². The molecule has 9 heteroatoms. The van der Waals surface area contributed by atoms with E-state index in [9.17, 15) is 4.79 Å². The van der Waals surface area contributed by atoms with Gasteiger partial charge < -0.3 is 9.47 Å². The maximum Gasteiger partial charge on any atom is 0.368 e. The Hall–Kier alpha value is -1.57. The second-order valence-corrected chi connectivity index (χ2v) is 5.00. The molecule has 0 saturated heterocycles. The van der Waals surface area contributed by atoms with Crippen LogP contribution in [0.25, 0.3) is 5.69 Å². The highest BCUT2D eigenvalue weighted by atomic mass is 35.5. The molecule has 0 radical (unpaired) electrons. The average molecular weight is 333 g/mol. The molecule has 0 aliphatic carbocycles. The van der Waals surface area contributed by atoms with Crippen LogP contribution >= 0.6 is 23.2 Å². The maximum absolute atomic E-state index is 12.1. The van der Waals surface area contributed by atoms with Crippen molar-refractivity contribution in [3.8, 4) is 11.4 Å². The van der Waals surface area contributed by atoms with Crippen molar-refractivity contribution >= 4 is 23.2 Å². The molecule has 0 amide bonds. The van der Waals surface area contributed by atoms with Crippen molar-refractivity contribution in [2.75, 3.05) is 13.9 Å². The smallest absolute Gasteiger partial charge is 0.368 e. The Morgan fingerprint density at radius 1 is 1.24 bits per heavy atom. The largest absolute Gasteiger partial charge is 0.466 e. The Bertz CT molecular complexity index is 684. The fourth-order valence-electron chi connectivity index (χ4n) is 1.69. The van der Waals surface area contributed by atoms with E-state index < -0.39 is 0 Å². The van der Waals surface area contributed by atoms with E-state index in [0.29, 0.717) is 23.0 Å². The molecule has 0 bridgehead atoms. The number of hydrogen-bond acceptors (Lipinski definition) is 5. The number of ether oxygens (including phenoxy) is 2. The summed E-state index contributed by atoms with van der Waals surface area (Å²) in [5, 5.41) is 8.16. The topological polar surface area (TPSA) is 71.2 Å². The first-order valence-corrected chi connectivity index (χ1v) is 6.98. The van der Waals surface area contributed by atoms with Crippen LogP contribution in [0.2, 0.25) is 10.0 Å². The van der Waals surface area contributed by atoms with E-state index in [1.807, 2.05) is 6.92 Å². The standard InChI is InChI=1S/C12H14Cl2N4O3/c1-3-4-17-12(19)18(16-15-17)10-5-9(14)11(6-8(10)13)21-7-20-2/h5-6H,3-4,7H2,1-2H3. The summed E-state index contributed by atoms with van der Waals surface area (Å²) in [6.07, 6.45) is 0.775. The van der Waals surface area contributed by atoms with Crippen LogP contribution in [0.15, 0.2) is 16.9 Å². The van der Waals surface area contributed by atoms with Gasteiger partial charge in [0.15, 0.2) is 6.79 Å². The number of halogens is 2. The molecule has 0 spiro atoms. The van der Waals surface area contributed by atoms with Crippen molar-refractivity contribution in [2.24, 2.45) is 0 Å². The molecule has 21 heavy (non-hydrogen) atoms. The molecular weight excluding hydrogens is 319 g/mol. The Labute approximate surface area is 131 Å². The molecule has 0 N–H and O–H groups in total. The fourth-order valence-corrected chi connectivity index (χ4v) is 2.14. The first kappa shape index (κ1) is 15.8. The SMILES string of the molecule is CCCn1nnn(-c2cc(Cl)c(OCOC)cc2Cl)c1=O. The Morgan fingerprint density at radius 2 is 2.00 bits per heavy atom. The summed E-state index contributed by atoms with van der Waals surface area (Å²) in [7, 11) is 1.50. The third-order valence-corrected chi connectivity index (χ3v) is 3.23. The Morgan fingerprint density at radius 3 is 2.67 bits per heavy atom. The molecule has 2 rings (SSSR count). The molecule has 0 aliphatic rings. The predicted octanol–water partition coefficient (Wildman–Crippen LogP) is 2.13. The van der Waals surface area contributed by atoms with Gasteiger partial charge in [0.05, 0.1) is 15.7 Å². The van der Waals surface area contributed by atoms with Crippen LogP contribution in [-0.4, -0.2) is 33.7 Å². The van der Waals surface area contributed by atoms with Gasteiger partial charge in [-0.2, -0.15) is 9.36 Å². The molecule has 2 aromatic rings. The monoisotopic (exact) mass is 332 g/mol. The van der Waals surface area contributed by atoms with Crippen molar-refractivity contribution in [3.63, 3.8) is 0 Å². The second kappa shape index (κ2) is 6.93. The van der Waals surface area contributed by atoms with Gasteiger partial charge in [0.1, 0.15) is 5.75 Å². The van der Waals surface area contributed by atoms with Gasteiger partial charge in [-0.05, 0) is 22.9 Å². The lowest BCUT2D eigenvalue weighted by Gasteiger charge is -2.09. The van der Waals surface area contributed by atoms with Crippen LogP contribution in [0.3, 0.4) is 0 Å². The molecule has 0 saturated carbocycles. The number of rotatable bonds is 6. The minimum absolute atomic E-state index is 0.0437. The molecule has 0 atom stereocenters. The second-order valence-electron chi connectivity index (χ2n) is 4.18. The van der Waals surface area contributed by atoms with E-state index in [1.165, 1.54) is 23.9 Å². The number of nitrogens with zero attached hydrogens (tertiary/aromatic N) is 4. The highest BCUT2D eigenvalue weighted by Crippen LogP contribution is 2.32. The predicted molar refractivity (Wildman–Crippen MR) is 78.4 cm³/mol. The van der Waals surface area contributed by atoms with E-state index in [1.54, 1.807) is 0 Å². The lowest BCUT2D eigenvalue weighted by Crippen LogP contribution is -2.24. The van der Waals surface area contributed by atoms with E-state index >= 15 is 0 Å². The summed E-state index contributed by atoms with van der Waals surface area (Å²) in [6, 6.07) is 3.00. The van der Waals surface area contributed by atoms with Gasteiger partial charge in [0.25, 0.3) is 0 Å². The van der Waals surface area contributed by atoms with Gasteiger partial charge >= 0.3 is 5.69 Å². The molecule has 0 fully saturated rings.